The van der Waals surface area contributed by atoms with Gasteiger partial charge in [-0.05, 0) is 43.7 Å². The summed E-state index contributed by atoms with van der Waals surface area (Å²) in [6, 6.07) is 9.38. The van der Waals surface area contributed by atoms with Gasteiger partial charge in [0.05, 0.1) is 0 Å². The maximum absolute atomic E-state index is 6.33. The minimum absolute atomic E-state index is 0.175. The third kappa shape index (κ3) is 3.12. The summed E-state index contributed by atoms with van der Waals surface area (Å²) in [6.45, 7) is 9.19. The first-order chi connectivity index (χ1) is 8.58. The van der Waals surface area contributed by atoms with Crippen molar-refractivity contribution in [3.05, 3.63) is 35.4 Å². The van der Waals surface area contributed by atoms with Gasteiger partial charge in [-0.3, -0.25) is 0 Å². The highest BCUT2D eigenvalue weighted by atomic mass is 15.2. The van der Waals surface area contributed by atoms with Crippen molar-refractivity contribution in [1.29, 1.82) is 0 Å². The van der Waals surface area contributed by atoms with E-state index in [1.807, 2.05) is 0 Å². The summed E-state index contributed by atoms with van der Waals surface area (Å²) in [5, 5.41) is 0. The minimum atomic E-state index is 0.175. The van der Waals surface area contributed by atoms with Gasteiger partial charge in [0.15, 0.2) is 0 Å². The van der Waals surface area contributed by atoms with Crippen LogP contribution in [0.2, 0.25) is 0 Å². The summed E-state index contributed by atoms with van der Waals surface area (Å²) >= 11 is 0. The molecule has 0 spiro atoms. The Bertz CT molecular complexity index is 388. The molecule has 0 aromatic heterocycles. The van der Waals surface area contributed by atoms with Gasteiger partial charge in [-0.2, -0.15) is 0 Å². The van der Waals surface area contributed by atoms with Gasteiger partial charge < -0.3 is 10.6 Å². The van der Waals surface area contributed by atoms with Crippen LogP contribution in [0.4, 0.5) is 0 Å². The van der Waals surface area contributed by atoms with Crippen molar-refractivity contribution in [1.82, 2.24) is 4.90 Å². The zero-order chi connectivity index (χ0) is 13.1. The van der Waals surface area contributed by atoms with Crippen LogP contribution in [0.5, 0.6) is 0 Å². The first kappa shape index (κ1) is 13.6. The lowest BCUT2D eigenvalue weighted by atomic mass is 9.99. The normalized spacial score (nSPS) is 26.4. The van der Waals surface area contributed by atoms with Crippen LogP contribution in [-0.4, -0.2) is 24.0 Å². The quantitative estimate of drug-likeness (QED) is 0.884. The zero-order valence-electron chi connectivity index (χ0n) is 11.9. The first-order valence-electron chi connectivity index (χ1n) is 7.13. The van der Waals surface area contributed by atoms with Gasteiger partial charge in [0, 0.05) is 25.2 Å². The maximum atomic E-state index is 6.33. The number of benzene rings is 1. The Morgan fingerprint density at radius 1 is 1.33 bits per heavy atom. The minimum Gasteiger partial charge on any atom is -0.324 e. The Morgan fingerprint density at radius 2 is 2.06 bits per heavy atom. The molecule has 1 aliphatic heterocycles. The molecule has 1 saturated heterocycles. The van der Waals surface area contributed by atoms with Gasteiger partial charge in [0.25, 0.3) is 0 Å². The number of hydrogen-bond acceptors (Lipinski definition) is 2. The van der Waals surface area contributed by atoms with Crippen LogP contribution in [0.25, 0.3) is 0 Å². The maximum Gasteiger partial charge on any atom is 0.0309 e. The van der Waals surface area contributed by atoms with Crippen molar-refractivity contribution in [2.75, 3.05) is 13.1 Å². The third-order valence-corrected chi connectivity index (χ3v) is 4.23. The molecule has 3 unspecified atom stereocenters. The van der Waals surface area contributed by atoms with Gasteiger partial charge in [0.1, 0.15) is 0 Å². The van der Waals surface area contributed by atoms with E-state index in [0.717, 1.165) is 24.9 Å². The molecule has 3 atom stereocenters. The second kappa shape index (κ2) is 5.85. The second-order valence-electron chi connectivity index (χ2n) is 5.94. The van der Waals surface area contributed by atoms with Crippen LogP contribution in [0.3, 0.4) is 0 Å². The molecule has 0 aliphatic carbocycles. The van der Waals surface area contributed by atoms with Gasteiger partial charge in [0.2, 0.25) is 0 Å². The number of likely N-dealkylation sites (tertiary alicyclic amines) is 1. The molecule has 2 N–H and O–H groups in total. The highest BCUT2D eigenvalue weighted by Crippen LogP contribution is 2.24. The molecule has 2 nitrogen and oxygen atoms in total. The molecule has 1 aromatic rings. The number of nitrogens with zero attached hydrogens (tertiary/aromatic N) is 1. The van der Waals surface area contributed by atoms with Crippen molar-refractivity contribution < 1.29 is 0 Å². The van der Waals surface area contributed by atoms with Gasteiger partial charge >= 0.3 is 0 Å². The second-order valence-corrected chi connectivity index (χ2v) is 5.94. The van der Waals surface area contributed by atoms with Crippen LogP contribution >= 0.6 is 0 Å². The molecule has 1 aliphatic rings. The monoisotopic (exact) mass is 246 g/mol. The topological polar surface area (TPSA) is 29.3 Å². The molecule has 0 radical (unpaired) electrons. The third-order valence-electron chi connectivity index (χ3n) is 4.23. The fourth-order valence-corrected chi connectivity index (χ4v) is 3.16. The highest BCUT2D eigenvalue weighted by molar-refractivity contribution is 5.28. The summed E-state index contributed by atoms with van der Waals surface area (Å²) < 4.78 is 0. The molecule has 0 amide bonds. The van der Waals surface area contributed by atoms with Gasteiger partial charge in [-0.25, -0.2) is 0 Å². The van der Waals surface area contributed by atoms with Crippen LogP contribution < -0.4 is 5.73 Å². The van der Waals surface area contributed by atoms with E-state index in [-0.39, 0.29) is 6.04 Å². The lowest BCUT2D eigenvalue weighted by Gasteiger charge is -2.23. The molecular formula is C16H26N2. The first-order valence-corrected chi connectivity index (χ1v) is 7.13. The smallest absolute Gasteiger partial charge is 0.0309 e. The summed E-state index contributed by atoms with van der Waals surface area (Å²) in [5.74, 6) is 0.842. The molecule has 0 bridgehead atoms. The Labute approximate surface area is 111 Å². The molecule has 0 saturated carbocycles. The van der Waals surface area contributed by atoms with Gasteiger partial charge in [-0.1, -0.05) is 31.2 Å². The van der Waals surface area contributed by atoms with Gasteiger partial charge in [-0.15, -0.1) is 0 Å². The molecule has 2 heteroatoms. The summed E-state index contributed by atoms with van der Waals surface area (Å²) in [5.41, 5.74) is 8.94. The van der Waals surface area contributed by atoms with Crippen LogP contribution in [0, 0.1) is 12.8 Å². The van der Waals surface area contributed by atoms with Crippen molar-refractivity contribution in [3.63, 3.8) is 0 Å². The van der Waals surface area contributed by atoms with E-state index in [0.29, 0.717) is 0 Å². The number of hydrogen-bond donors (Lipinski definition) is 1. The van der Waals surface area contributed by atoms with Crippen LogP contribution in [0.1, 0.15) is 43.9 Å². The fourth-order valence-electron chi connectivity index (χ4n) is 3.16. The molecule has 1 heterocycles. The lowest BCUT2D eigenvalue weighted by molar-refractivity contribution is 0.255. The number of nitrogens with two attached hydrogens (primary N) is 1. The van der Waals surface area contributed by atoms with E-state index in [4.69, 9.17) is 5.73 Å². The lowest BCUT2D eigenvalue weighted by Crippen LogP contribution is -2.30. The Balaban J connectivity index is 1.89. The molecule has 18 heavy (non-hydrogen) atoms. The van der Waals surface area contributed by atoms with E-state index in [9.17, 15) is 0 Å². The molecule has 2 rings (SSSR count). The van der Waals surface area contributed by atoms with Crippen LogP contribution in [0.15, 0.2) is 24.3 Å². The summed E-state index contributed by atoms with van der Waals surface area (Å²) in [7, 11) is 0. The molecule has 1 fully saturated rings. The standard InChI is InChI=1S/C16H26N2/c1-12-10-14(3)18(11-12)9-8-16(17)15-7-5-4-6-13(15)2/h4-7,12,14,16H,8-11,17H2,1-3H3. The zero-order valence-corrected chi connectivity index (χ0v) is 11.9. The Kier molecular flexibility index (Phi) is 4.41. The van der Waals surface area contributed by atoms with E-state index < -0.39 is 0 Å². The Morgan fingerprint density at radius 3 is 2.67 bits per heavy atom. The number of rotatable bonds is 4. The largest absolute Gasteiger partial charge is 0.324 e. The number of aryl methyl sites for hydroxylation is 1. The van der Waals surface area contributed by atoms with Crippen molar-refractivity contribution >= 4 is 0 Å². The van der Waals surface area contributed by atoms with E-state index in [1.54, 1.807) is 0 Å². The summed E-state index contributed by atoms with van der Waals surface area (Å²) in [4.78, 5) is 2.59. The van der Waals surface area contributed by atoms with E-state index in [2.05, 4.69) is 49.9 Å². The predicted molar refractivity (Wildman–Crippen MR) is 77.5 cm³/mol. The molecule has 1 aromatic carbocycles. The van der Waals surface area contributed by atoms with E-state index >= 15 is 0 Å². The van der Waals surface area contributed by atoms with Crippen molar-refractivity contribution in [3.8, 4) is 0 Å². The highest BCUT2D eigenvalue weighted by Gasteiger charge is 2.25. The average molecular weight is 246 g/mol. The Hall–Kier alpha value is -0.860. The average Bonchev–Trinajstić information content (AvgIpc) is 2.65. The fraction of sp³-hybridized carbons (Fsp3) is 0.625. The molecular weight excluding hydrogens is 220 g/mol. The van der Waals surface area contributed by atoms with Crippen molar-refractivity contribution in [2.45, 2.75) is 45.7 Å². The van der Waals surface area contributed by atoms with E-state index in [1.165, 1.54) is 24.1 Å². The van der Waals surface area contributed by atoms with Crippen LogP contribution in [-0.2, 0) is 0 Å². The van der Waals surface area contributed by atoms with Crippen molar-refractivity contribution in [2.24, 2.45) is 11.7 Å². The SMILES string of the molecule is Cc1ccccc1C(N)CCN1CC(C)CC1C. The molecule has 100 valence electrons. The summed E-state index contributed by atoms with van der Waals surface area (Å²) in [6.07, 6.45) is 2.39. The predicted octanol–water partition coefficient (Wildman–Crippen LogP) is 3.12.